The second-order valence-electron chi connectivity index (χ2n) is 23.5. The van der Waals surface area contributed by atoms with E-state index in [0.29, 0.717) is 32.1 Å². The standard InChI is InChI=1S/C47H80O18/c1-20-30(51)32(53)34(55)39(61-20)65-37-36(64-40-35(56)33(54)31(52)25(18-48)62-40)24(50)19-60-41(37)63-28-12-13-44(6)26(42(28,2)3)11-15-45(7)27(44)17-23(49)29-21(9-14-46(29,45)8)47(59)16-10-22(38(47)57)43(4,5)58/h20-41,48-59H,9-19H2,1-8H3/t20-,21-,22+,23+,24-,25+,26-,27+,28-,29-,30-,31+,32+,33-,34+,35+,36-,37+,38-,39-,40-,41-,44-,45+,46+,47-/m0/s1. The van der Waals surface area contributed by atoms with Gasteiger partial charge in [-0.05, 0) is 124 Å². The summed E-state index contributed by atoms with van der Waals surface area (Å²) in [7, 11) is 0. The van der Waals surface area contributed by atoms with Crippen molar-refractivity contribution in [1.82, 2.24) is 0 Å². The van der Waals surface area contributed by atoms with E-state index in [1.165, 1.54) is 6.92 Å². The van der Waals surface area contributed by atoms with Gasteiger partial charge in [-0.1, -0.05) is 34.6 Å². The number of hydrogen-bond donors (Lipinski definition) is 12. The van der Waals surface area contributed by atoms with Crippen LogP contribution in [0.4, 0.5) is 0 Å². The minimum Gasteiger partial charge on any atom is -0.394 e. The van der Waals surface area contributed by atoms with E-state index in [4.69, 9.17) is 28.4 Å². The van der Waals surface area contributed by atoms with Crippen LogP contribution in [0.2, 0.25) is 0 Å². The summed E-state index contributed by atoms with van der Waals surface area (Å²) in [4.78, 5) is 0. The molecule has 5 saturated carbocycles. The second-order valence-corrected chi connectivity index (χ2v) is 23.5. The predicted octanol–water partition coefficient (Wildman–Crippen LogP) is -0.585. The molecule has 0 radical (unpaired) electrons. The van der Waals surface area contributed by atoms with Gasteiger partial charge >= 0.3 is 0 Å². The molecule has 0 spiro atoms. The maximum absolute atomic E-state index is 12.4. The molecule has 8 aliphatic rings. The van der Waals surface area contributed by atoms with E-state index in [2.05, 4.69) is 34.6 Å². The topological polar surface area (TPSA) is 298 Å². The highest BCUT2D eigenvalue weighted by Crippen LogP contribution is 2.76. The molecule has 0 aromatic rings. The van der Waals surface area contributed by atoms with Gasteiger partial charge in [0.25, 0.3) is 0 Å². The van der Waals surface area contributed by atoms with Gasteiger partial charge in [-0.3, -0.25) is 0 Å². The normalized spacial score (nSPS) is 57.0. The fraction of sp³-hybridized carbons (Fsp3) is 1.00. The van der Waals surface area contributed by atoms with Crippen molar-refractivity contribution in [1.29, 1.82) is 0 Å². The summed E-state index contributed by atoms with van der Waals surface area (Å²) in [6.45, 7) is 15.1. The van der Waals surface area contributed by atoms with Gasteiger partial charge in [0.15, 0.2) is 18.9 Å². The molecule has 0 aromatic heterocycles. The van der Waals surface area contributed by atoms with E-state index >= 15 is 0 Å². The smallest absolute Gasteiger partial charge is 0.187 e. The van der Waals surface area contributed by atoms with Crippen LogP contribution in [0.1, 0.15) is 113 Å². The molecule has 12 N–H and O–H groups in total. The van der Waals surface area contributed by atoms with Gasteiger partial charge in [-0.2, -0.15) is 0 Å². The summed E-state index contributed by atoms with van der Waals surface area (Å²) in [6, 6.07) is 0. The molecule has 5 aliphatic carbocycles. The Morgan fingerprint density at radius 3 is 1.88 bits per heavy atom. The SMILES string of the molecule is C[C@@H]1O[C@@H](O[C@H]2[C@H](O[C@H]3CC[C@]4(C)[C@H]5C[C@@H](O)[C@@H]6[C@@H]([C@@]7(O)CC[C@@H](C(C)(C)O)[C@@H]7O)CC[C@@]6(C)[C@]5(C)CC[C@H]4C3(C)C)OC[C@H](O)[C@@H]2O[C@@H]2O[C@H](CO)[C@@H](O)[C@H](O)[C@H]2O)[C@H](O)[C@H](O)[C@H]1O. The van der Waals surface area contributed by atoms with E-state index in [1.807, 2.05) is 0 Å². The molecule has 0 aromatic carbocycles. The van der Waals surface area contributed by atoms with Crippen LogP contribution < -0.4 is 0 Å². The number of hydrogen-bond acceptors (Lipinski definition) is 18. The van der Waals surface area contributed by atoms with Crippen LogP contribution in [-0.4, -0.2) is 190 Å². The van der Waals surface area contributed by atoms with Crippen LogP contribution in [0, 0.1) is 51.2 Å². The van der Waals surface area contributed by atoms with Gasteiger partial charge in [0.05, 0.1) is 48.8 Å². The summed E-state index contributed by atoms with van der Waals surface area (Å²) >= 11 is 0. The molecule has 3 aliphatic heterocycles. The molecule has 8 rings (SSSR count). The third-order valence-corrected chi connectivity index (χ3v) is 19.6. The molecule has 3 saturated heterocycles. The van der Waals surface area contributed by atoms with Gasteiger partial charge in [0, 0.05) is 5.92 Å². The Labute approximate surface area is 382 Å². The molecule has 65 heavy (non-hydrogen) atoms. The van der Waals surface area contributed by atoms with Crippen molar-refractivity contribution in [2.75, 3.05) is 13.2 Å². The quantitative estimate of drug-likeness (QED) is 0.129. The minimum atomic E-state index is -1.82. The Balaban J connectivity index is 1.04. The van der Waals surface area contributed by atoms with Gasteiger partial charge in [0.2, 0.25) is 0 Å². The lowest BCUT2D eigenvalue weighted by Crippen LogP contribution is -2.68. The lowest BCUT2D eigenvalue weighted by atomic mass is 9.35. The average molecular weight is 933 g/mol. The fourth-order valence-corrected chi connectivity index (χ4v) is 15.7. The van der Waals surface area contributed by atoms with E-state index in [0.717, 1.165) is 25.7 Å². The molecule has 376 valence electrons. The van der Waals surface area contributed by atoms with E-state index in [9.17, 15) is 61.3 Å². The zero-order valence-electron chi connectivity index (χ0n) is 39.3. The number of fused-ring (bicyclic) bond motifs is 5. The molecule has 0 amide bonds. The first-order valence-electron chi connectivity index (χ1n) is 24.2. The van der Waals surface area contributed by atoms with Crippen molar-refractivity contribution >= 4 is 0 Å². The number of ether oxygens (including phenoxy) is 6. The zero-order chi connectivity index (χ0) is 47.7. The van der Waals surface area contributed by atoms with Gasteiger partial charge in [-0.15, -0.1) is 0 Å². The van der Waals surface area contributed by atoms with Crippen LogP contribution >= 0.6 is 0 Å². The molecule has 18 heteroatoms. The van der Waals surface area contributed by atoms with Crippen LogP contribution in [-0.2, 0) is 28.4 Å². The summed E-state index contributed by atoms with van der Waals surface area (Å²) in [5.41, 5.74) is -3.87. The summed E-state index contributed by atoms with van der Waals surface area (Å²) in [5, 5.41) is 133. The van der Waals surface area contributed by atoms with Gasteiger partial charge in [-0.25, -0.2) is 0 Å². The van der Waals surface area contributed by atoms with Crippen molar-refractivity contribution in [3.8, 4) is 0 Å². The maximum Gasteiger partial charge on any atom is 0.187 e. The molecule has 26 atom stereocenters. The number of aliphatic hydroxyl groups excluding tert-OH is 10. The maximum atomic E-state index is 12.4. The highest BCUT2D eigenvalue weighted by atomic mass is 16.8. The highest BCUT2D eigenvalue weighted by Gasteiger charge is 2.73. The van der Waals surface area contributed by atoms with Crippen molar-refractivity contribution in [2.45, 2.75) is 229 Å². The Hall–Kier alpha value is -0.720. The van der Waals surface area contributed by atoms with Crippen LogP contribution in [0.15, 0.2) is 0 Å². The molecular weight excluding hydrogens is 852 g/mol. The summed E-state index contributed by atoms with van der Waals surface area (Å²) in [5.74, 6) is -0.811. The van der Waals surface area contributed by atoms with Crippen LogP contribution in [0.25, 0.3) is 0 Å². The first kappa shape index (κ1) is 50.7. The Kier molecular flexibility index (Phi) is 13.7. The van der Waals surface area contributed by atoms with E-state index in [-0.39, 0.29) is 46.5 Å². The molecule has 0 bridgehead atoms. The van der Waals surface area contributed by atoms with Crippen molar-refractivity contribution in [3.63, 3.8) is 0 Å². The van der Waals surface area contributed by atoms with Crippen molar-refractivity contribution in [3.05, 3.63) is 0 Å². The third-order valence-electron chi connectivity index (χ3n) is 19.6. The number of rotatable bonds is 9. The molecule has 3 heterocycles. The van der Waals surface area contributed by atoms with E-state index < -0.39 is 133 Å². The van der Waals surface area contributed by atoms with Gasteiger partial charge < -0.3 is 89.7 Å². The molecule has 18 nitrogen and oxygen atoms in total. The summed E-state index contributed by atoms with van der Waals surface area (Å²) in [6.07, 6.45) is -17.7. The first-order valence-corrected chi connectivity index (χ1v) is 24.2. The Morgan fingerprint density at radius 2 is 1.25 bits per heavy atom. The van der Waals surface area contributed by atoms with Crippen molar-refractivity contribution in [2.24, 2.45) is 51.2 Å². The van der Waals surface area contributed by atoms with E-state index in [1.54, 1.807) is 13.8 Å². The Bertz CT molecular complexity index is 1680. The minimum absolute atomic E-state index is 0.0976. The average Bonchev–Trinajstić information content (AvgIpc) is 3.77. The molecule has 8 fully saturated rings. The van der Waals surface area contributed by atoms with Crippen LogP contribution in [0.3, 0.4) is 0 Å². The highest BCUT2D eigenvalue weighted by molar-refractivity contribution is 5.22. The lowest BCUT2D eigenvalue weighted by molar-refractivity contribution is -0.388. The number of aliphatic hydroxyl groups is 12. The third kappa shape index (κ3) is 7.91. The van der Waals surface area contributed by atoms with Crippen LogP contribution in [0.5, 0.6) is 0 Å². The molecular formula is C47H80O18. The predicted molar refractivity (Wildman–Crippen MR) is 227 cm³/mol. The summed E-state index contributed by atoms with van der Waals surface area (Å²) < 4.78 is 37.0. The van der Waals surface area contributed by atoms with Gasteiger partial charge in [0.1, 0.15) is 61.0 Å². The molecule has 0 unspecified atom stereocenters. The lowest BCUT2D eigenvalue weighted by Gasteiger charge is -2.71. The largest absolute Gasteiger partial charge is 0.394 e. The first-order chi connectivity index (χ1) is 30.2. The monoisotopic (exact) mass is 933 g/mol. The zero-order valence-corrected chi connectivity index (χ0v) is 39.3. The Morgan fingerprint density at radius 1 is 0.631 bits per heavy atom. The van der Waals surface area contributed by atoms with Crippen molar-refractivity contribution < 1.29 is 89.7 Å². The second kappa shape index (κ2) is 17.5. The fourth-order valence-electron chi connectivity index (χ4n) is 15.7.